The number of phenols is 1. The molecule has 2 nitrogen and oxygen atoms in total. The van der Waals surface area contributed by atoms with Gasteiger partial charge in [0.1, 0.15) is 24.5 Å². The molecule has 0 bridgehead atoms. The van der Waals surface area contributed by atoms with Crippen LogP contribution in [0.3, 0.4) is 0 Å². The van der Waals surface area contributed by atoms with E-state index >= 15 is 0 Å². The average Bonchev–Trinajstić information content (AvgIpc) is 2.75. The third-order valence-electron chi connectivity index (χ3n) is 5.34. The van der Waals surface area contributed by atoms with Crippen LogP contribution in [0, 0.1) is 0 Å². The molecular formula is C25H30O2S2+2. The van der Waals surface area contributed by atoms with E-state index in [-0.39, 0.29) is 21.8 Å². The van der Waals surface area contributed by atoms with Crippen molar-refractivity contribution < 1.29 is 9.90 Å². The Bertz CT molecular complexity index is 953. The third-order valence-corrected chi connectivity index (χ3v) is 8.94. The van der Waals surface area contributed by atoms with Crippen LogP contribution in [-0.2, 0) is 26.6 Å². The Morgan fingerprint density at radius 2 is 1.48 bits per heavy atom. The maximum atomic E-state index is 11.8. The molecule has 0 heterocycles. The van der Waals surface area contributed by atoms with E-state index in [1.165, 1.54) is 21.6 Å². The zero-order chi connectivity index (χ0) is 20.8. The minimum Gasteiger partial charge on any atom is -0.507 e. The van der Waals surface area contributed by atoms with E-state index in [0.29, 0.717) is 16.8 Å². The van der Waals surface area contributed by atoms with Crippen LogP contribution in [0.4, 0.5) is 0 Å². The first-order chi connectivity index (χ1) is 14.0. The Morgan fingerprint density at radius 3 is 2.14 bits per heavy atom. The van der Waals surface area contributed by atoms with Crippen LogP contribution in [0.15, 0.2) is 76.5 Å². The molecule has 0 saturated heterocycles. The van der Waals surface area contributed by atoms with Crippen molar-refractivity contribution in [2.45, 2.75) is 40.7 Å². The highest BCUT2D eigenvalue weighted by Crippen LogP contribution is 2.30. The number of benzene rings is 3. The Labute approximate surface area is 180 Å². The van der Waals surface area contributed by atoms with Crippen molar-refractivity contribution in [1.29, 1.82) is 0 Å². The van der Waals surface area contributed by atoms with Crippen molar-refractivity contribution in [3.8, 4) is 5.75 Å². The first-order valence-electron chi connectivity index (χ1n) is 10.00. The van der Waals surface area contributed by atoms with Gasteiger partial charge < -0.3 is 5.11 Å². The number of Topliss-reactive ketones (excluding diaryl/α,β-unsaturated/α-hetero) is 1. The van der Waals surface area contributed by atoms with Crippen molar-refractivity contribution in [3.05, 3.63) is 66.7 Å². The average molecular weight is 427 g/mol. The molecule has 0 radical (unpaired) electrons. The van der Waals surface area contributed by atoms with Gasteiger partial charge in [-0.1, -0.05) is 36.4 Å². The molecule has 1 saturated carbocycles. The van der Waals surface area contributed by atoms with Crippen LogP contribution in [0.2, 0.25) is 0 Å². The van der Waals surface area contributed by atoms with Crippen LogP contribution in [0.5, 0.6) is 5.75 Å². The first-order valence-corrected chi connectivity index (χ1v) is 13.7. The minimum absolute atomic E-state index is 0.101. The van der Waals surface area contributed by atoms with Gasteiger partial charge in [-0.3, -0.25) is 4.79 Å². The Morgan fingerprint density at radius 1 is 0.828 bits per heavy atom. The number of carbonyl (C=O) groups excluding carboxylic acids is 1. The van der Waals surface area contributed by atoms with Crippen LogP contribution >= 0.6 is 0 Å². The summed E-state index contributed by atoms with van der Waals surface area (Å²) in [6.45, 7) is 0. The summed E-state index contributed by atoms with van der Waals surface area (Å²) in [5, 5.41) is 12.1. The number of hydrogen-bond acceptors (Lipinski definition) is 2. The summed E-state index contributed by atoms with van der Waals surface area (Å²) in [5.74, 6) is 0.853. The lowest BCUT2D eigenvalue weighted by atomic mass is 9.99. The number of ketones is 1. The van der Waals surface area contributed by atoms with Gasteiger partial charge in [-0.25, -0.2) is 0 Å². The maximum absolute atomic E-state index is 11.8. The number of fused-ring (bicyclic) bond motifs is 1. The Hall–Kier alpha value is -1.91. The zero-order valence-electron chi connectivity index (χ0n) is 17.4. The molecule has 3 aromatic carbocycles. The molecule has 3 aromatic rings. The molecule has 1 aliphatic rings. The van der Waals surface area contributed by atoms with Gasteiger partial charge in [-0.2, -0.15) is 0 Å². The topological polar surface area (TPSA) is 37.3 Å². The van der Waals surface area contributed by atoms with Gasteiger partial charge in [0.05, 0.1) is 0 Å². The number of rotatable bonds is 3. The van der Waals surface area contributed by atoms with Crippen LogP contribution < -0.4 is 0 Å². The van der Waals surface area contributed by atoms with Crippen molar-refractivity contribution in [2.24, 2.45) is 0 Å². The summed E-state index contributed by atoms with van der Waals surface area (Å²) in [7, 11) is 0.328. The number of hydrogen-bond donors (Lipinski definition) is 1. The van der Waals surface area contributed by atoms with Crippen molar-refractivity contribution in [2.75, 3.05) is 18.8 Å². The molecule has 2 atom stereocenters. The fraction of sp³-hybridized carbons (Fsp3) is 0.320. The summed E-state index contributed by atoms with van der Waals surface area (Å²) in [4.78, 5) is 14.5. The maximum Gasteiger partial charge on any atom is 0.185 e. The molecule has 2 unspecified atom stereocenters. The lowest BCUT2D eigenvalue weighted by Gasteiger charge is -2.19. The molecule has 4 rings (SSSR count). The van der Waals surface area contributed by atoms with Crippen LogP contribution in [-0.4, -0.2) is 34.9 Å². The van der Waals surface area contributed by atoms with E-state index in [1.807, 2.05) is 30.3 Å². The van der Waals surface area contributed by atoms with Gasteiger partial charge >= 0.3 is 0 Å². The largest absolute Gasteiger partial charge is 0.507 e. The fourth-order valence-corrected chi connectivity index (χ4v) is 6.64. The van der Waals surface area contributed by atoms with Gasteiger partial charge in [-0.15, -0.1) is 0 Å². The molecule has 152 valence electrons. The highest BCUT2D eigenvalue weighted by molar-refractivity contribution is 7.97. The predicted molar refractivity (Wildman–Crippen MR) is 128 cm³/mol. The van der Waals surface area contributed by atoms with Crippen molar-refractivity contribution in [1.82, 2.24) is 0 Å². The van der Waals surface area contributed by atoms with E-state index in [4.69, 9.17) is 0 Å². The standard InChI is InChI=1S/C13H17OS.C12H12OS/c1-15(11-7-3-2-4-8-11)13-10-6-5-9-12(13)14;1-14(2)12-8-7-11(13)9-5-3-4-6-10(9)12/h2-4,7-8,13H,5-6,9-10H2,1H3;3-8H,1-2H3/q+1;/p+1. The first kappa shape index (κ1) is 21.8. The van der Waals surface area contributed by atoms with Crippen molar-refractivity contribution >= 4 is 38.3 Å². The van der Waals surface area contributed by atoms with Gasteiger partial charge in [0.25, 0.3) is 0 Å². The summed E-state index contributed by atoms with van der Waals surface area (Å²) >= 11 is 0. The lowest BCUT2D eigenvalue weighted by Crippen LogP contribution is -2.32. The third kappa shape index (κ3) is 5.37. The van der Waals surface area contributed by atoms with Gasteiger partial charge in [-0.05, 0) is 43.2 Å². The number of aromatic hydroxyl groups is 1. The summed E-state index contributed by atoms with van der Waals surface area (Å²) in [5.41, 5.74) is 0. The van der Waals surface area contributed by atoms with Crippen LogP contribution in [0.25, 0.3) is 10.8 Å². The summed E-state index contributed by atoms with van der Waals surface area (Å²) in [6.07, 6.45) is 10.8. The highest BCUT2D eigenvalue weighted by atomic mass is 32.2. The predicted octanol–water partition coefficient (Wildman–Crippen LogP) is 5.59. The number of phenolic OH excluding ortho intramolecular Hbond substituents is 1. The quantitative estimate of drug-likeness (QED) is 0.555. The summed E-state index contributed by atoms with van der Waals surface area (Å²) < 4.78 is 0. The number of carbonyl (C=O) groups is 1. The highest BCUT2D eigenvalue weighted by Gasteiger charge is 2.36. The van der Waals surface area contributed by atoms with E-state index in [0.717, 1.165) is 24.6 Å². The zero-order valence-corrected chi connectivity index (χ0v) is 19.1. The SMILES string of the molecule is C[S+](C)c1ccc(O)c2ccccc12.C[S+](c1ccccc1)C1CCCCC1=O. The molecule has 0 amide bonds. The lowest BCUT2D eigenvalue weighted by molar-refractivity contribution is -0.119. The Balaban J connectivity index is 0.000000166. The minimum atomic E-state index is 0.101. The molecule has 0 aliphatic heterocycles. The monoisotopic (exact) mass is 426 g/mol. The molecule has 29 heavy (non-hydrogen) atoms. The van der Waals surface area contributed by atoms with E-state index in [1.54, 1.807) is 6.07 Å². The van der Waals surface area contributed by atoms with Gasteiger partial charge in [0, 0.05) is 45.4 Å². The second kappa shape index (κ2) is 10.2. The van der Waals surface area contributed by atoms with E-state index < -0.39 is 0 Å². The molecule has 4 heteroatoms. The molecule has 1 fully saturated rings. The Kier molecular flexibility index (Phi) is 7.68. The normalized spacial score (nSPS) is 17.7. The second-order valence-electron chi connectivity index (χ2n) is 7.52. The molecule has 0 aromatic heterocycles. The molecule has 0 spiro atoms. The molecular weight excluding hydrogens is 396 g/mol. The van der Waals surface area contributed by atoms with Gasteiger partial charge in [0.15, 0.2) is 20.8 Å². The van der Waals surface area contributed by atoms with E-state index in [2.05, 4.69) is 49.1 Å². The fourth-order valence-electron chi connectivity index (χ4n) is 3.74. The van der Waals surface area contributed by atoms with Gasteiger partial charge in [0.2, 0.25) is 0 Å². The molecule has 1 N–H and O–H groups in total. The van der Waals surface area contributed by atoms with E-state index in [9.17, 15) is 9.90 Å². The van der Waals surface area contributed by atoms with Crippen LogP contribution in [0.1, 0.15) is 25.7 Å². The summed E-state index contributed by atoms with van der Waals surface area (Å²) in [6, 6.07) is 22.2. The second-order valence-corrected chi connectivity index (χ2v) is 11.7. The molecule has 1 aliphatic carbocycles. The van der Waals surface area contributed by atoms with Crippen molar-refractivity contribution in [3.63, 3.8) is 0 Å². The smallest absolute Gasteiger partial charge is 0.185 e.